The summed E-state index contributed by atoms with van der Waals surface area (Å²) in [6.07, 6.45) is 0.422. The second-order valence-corrected chi connectivity index (χ2v) is 10.9. The Bertz CT molecular complexity index is 1470. The quantitative estimate of drug-likeness (QED) is 0.208. The van der Waals surface area contributed by atoms with Crippen LogP contribution in [-0.4, -0.2) is 38.6 Å². The van der Waals surface area contributed by atoms with Crippen molar-refractivity contribution < 1.29 is 18.9 Å². The van der Waals surface area contributed by atoms with Crippen molar-refractivity contribution in [1.29, 1.82) is 0 Å². The number of hydrogen-bond donors (Lipinski definition) is 0. The van der Waals surface area contributed by atoms with Crippen molar-refractivity contribution >= 4 is 11.6 Å². The highest BCUT2D eigenvalue weighted by atomic mass is 35.5. The summed E-state index contributed by atoms with van der Waals surface area (Å²) in [7, 11) is 0. The van der Waals surface area contributed by atoms with Crippen molar-refractivity contribution in [2.75, 3.05) is 26.4 Å². The fourth-order valence-corrected chi connectivity index (χ4v) is 6.18. The standard InChI is InChI=1S/C33H29ClO4/c1-20-14-22(10-12-30(20)37-18-24-16-35-24)33(23-11-13-31(21(2)15-23)38-19-25-17-36-25)28-8-4-3-6-26(28)27-7-5-9-29(34)32(27)33/h3-15,24-25H,16-19H2,1-2H3. The number of rotatable bonds is 8. The van der Waals surface area contributed by atoms with Gasteiger partial charge < -0.3 is 18.9 Å². The van der Waals surface area contributed by atoms with Gasteiger partial charge in [0, 0.05) is 5.02 Å². The fraction of sp³-hybridized carbons (Fsp3) is 0.273. The van der Waals surface area contributed by atoms with Crippen LogP contribution < -0.4 is 9.47 Å². The van der Waals surface area contributed by atoms with E-state index in [4.69, 9.17) is 30.5 Å². The van der Waals surface area contributed by atoms with Crippen molar-refractivity contribution in [2.24, 2.45) is 0 Å². The van der Waals surface area contributed by atoms with Gasteiger partial charge in [0.25, 0.3) is 0 Å². The molecule has 2 heterocycles. The van der Waals surface area contributed by atoms with Gasteiger partial charge in [0.2, 0.25) is 0 Å². The maximum Gasteiger partial charge on any atom is 0.122 e. The third-order valence-electron chi connectivity index (χ3n) is 7.88. The molecule has 2 saturated heterocycles. The molecule has 5 heteroatoms. The fourth-order valence-electron chi connectivity index (χ4n) is 5.86. The molecule has 0 saturated carbocycles. The van der Waals surface area contributed by atoms with Crippen molar-refractivity contribution in [3.05, 3.63) is 117 Å². The molecule has 2 unspecified atom stereocenters. The molecule has 0 N–H and O–H groups in total. The number of fused-ring (bicyclic) bond motifs is 3. The molecule has 192 valence electrons. The molecule has 2 aliphatic heterocycles. The van der Waals surface area contributed by atoms with Crippen LogP contribution in [0.5, 0.6) is 11.5 Å². The lowest BCUT2D eigenvalue weighted by Gasteiger charge is -2.35. The smallest absolute Gasteiger partial charge is 0.122 e. The Morgan fingerprint density at radius 2 is 1.29 bits per heavy atom. The Balaban J connectivity index is 1.43. The molecule has 0 aromatic heterocycles. The number of benzene rings is 4. The highest BCUT2D eigenvalue weighted by Crippen LogP contribution is 2.58. The van der Waals surface area contributed by atoms with E-state index in [0.29, 0.717) is 13.2 Å². The van der Waals surface area contributed by atoms with Gasteiger partial charge in [-0.15, -0.1) is 0 Å². The van der Waals surface area contributed by atoms with Crippen molar-refractivity contribution in [1.82, 2.24) is 0 Å². The van der Waals surface area contributed by atoms with Gasteiger partial charge in [0.1, 0.15) is 36.9 Å². The Labute approximate surface area is 228 Å². The number of hydrogen-bond acceptors (Lipinski definition) is 4. The van der Waals surface area contributed by atoms with E-state index in [-0.39, 0.29) is 12.2 Å². The van der Waals surface area contributed by atoms with Gasteiger partial charge >= 0.3 is 0 Å². The normalized spacial score (nSPS) is 22.5. The number of aryl methyl sites for hydroxylation is 2. The summed E-state index contributed by atoms with van der Waals surface area (Å²) in [4.78, 5) is 0. The van der Waals surface area contributed by atoms with Gasteiger partial charge in [-0.25, -0.2) is 0 Å². The molecule has 2 fully saturated rings. The largest absolute Gasteiger partial charge is 0.491 e. The van der Waals surface area contributed by atoms with Gasteiger partial charge in [0.15, 0.2) is 0 Å². The summed E-state index contributed by atoms with van der Waals surface area (Å²) in [6, 6.07) is 27.9. The molecule has 4 aromatic carbocycles. The molecular weight excluding hydrogens is 496 g/mol. The minimum Gasteiger partial charge on any atom is -0.491 e. The summed E-state index contributed by atoms with van der Waals surface area (Å²) in [5.41, 5.74) is 8.61. The van der Waals surface area contributed by atoms with Gasteiger partial charge in [-0.3, -0.25) is 0 Å². The molecule has 3 aliphatic rings. The minimum absolute atomic E-state index is 0.211. The van der Waals surface area contributed by atoms with E-state index in [9.17, 15) is 0 Å². The van der Waals surface area contributed by atoms with Crippen LogP contribution in [0.15, 0.2) is 78.9 Å². The lowest BCUT2D eigenvalue weighted by Crippen LogP contribution is -2.29. The van der Waals surface area contributed by atoms with Crippen LogP contribution in [0.3, 0.4) is 0 Å². The highest BCUT2D eigenvalue weighted by molar-refractivity contribution is 6.32. The molecule has 38 heavy (non-hydrogen) atoms. The summed E-state index contributed by atoms with van der Waals surface area (Å²) in [5, 5.41) is 0.756. The van der Waals surface area contributed by atoms with Crippen LogP contribution >= 0.6 is 11.6 Å². The predicted molar refractivity (Wildman–Crippen MR) is 149 cm³/mol. The van der Waals surface area contributed by atoms with E-state index in [1.54, 1.807) is 0 Å². The minimum atomic E-state index is -0.587. The van der Waals surface area contributed by atoms with Crippen LogP contribution in [0.25, 0.3) is 11.1 Å². The molecule has 0 radical (unpaired) electrons. The number of epoxide rings is 2. The monoisotopic (exact) mass is 524 g/mol. The lowest BCUT2D eigenvalue weighted by atomic mass is 9.67. The van der Waals surface area contributed by atoms with Crippen LogP contribution in [0.2, 0.25) is 5.02 Å². The zero-order valence-electron chi connectivity index (χ0n) is 21.5. The van der Waals surface area contributed by atoms with Crippen LogP contribution in [0.4, 0.5) is 0 Å². The Kier molecular flexibility index (Phi) is 5.73. The zero-order chi connectivity index (χ0) is 25.9. The third kappa shape index (κ3) is 3.90. The van der Waals surface area contributed by atoms with E-state index < -0.39 is 5.41 Å². The van der Waals surface area contributed by atoms with Crippen LogP contribution in [0.1, 0.15) is 33.4 Å². The second-order valence-electron chi connectivity index (χ2n) is 10.5. The molecule has 4 aromatic rings. The number of halogens is 1. The van der Waals surface area contributed by atoms with E-state index >= 15 is 0 Å². The first-order chi connectivity index (χ1) is 18.6. The lowest BCUT2D eigenvalue weighted by molar-refractivity contribution is 0.261. The Hall–Kier alpha value is -3.31. The highest BCUT2D eigenvalue weighted by Gasteiger charge is 2.47. The number of ether oxygens (including phenoxy) is 4. The Morgan fingerprint density at radius 3 is 1.84 bits per heavy atom. The van der Waals surface area contributed by atoms with E-state index in [2.05, 4.69) is 80.6 Å². The van der Waals surface area contributed by atoms with E-state index in [0.717, 1.165) is 57.6 Å². The van der Waals surface area contributed by atoms with Crippen LogP contribution in [-0.2, 0) is 14.9 Å². The third-order valence-corrected chi connectivity index (χ3v) is 8.19. The topological polar surface area (TPSA) is 43.5 Å². The molecular formula is C33H29ClO4. The average Bonchev–Trinajstić information content (AvgIpc) is 3.86. The molecule has 0 amide bonds. The van der Waals surface area contributed by atoms with Gasteiger partial charge in [-0.2, -0.15) is 0 Å². The maximum atomic E-state index is 7.09. The maximum absolute atomic E-state index is 7.09. The SMILES string of the molecule is Cc1cc(C2(c3ccc(OCC4CO4)c(C)c3)c3ccccc3-c3cccc(Cl)c32)ccc1OCC1CO1. The summed E-state index contributed by atoms with van der Waals surface area (Å²) < 4.78 is 22.9. The van der Waals surface area contributed by atoms with Crippen LogP contribution in [0, 0.1) is 13.8 Å². The molecule has 7 rings (SSSR count). The summed E-state index contributed by atoms with van der Waals surface area (Å²) in [6.45, 7) is 6.93. The van der Waals surface area contributed by atoms with Gasteiger partial charge in [0.05, 0.1) is 18.6 Å². The predicted octanol–water partition coefficient (Wildman–Crippen LogP) is 6.88. The molecule has 4 nitrogen and oxygen atoms in total. The molecule has 1 aliphatic carbocycles. The zero-order valence-corrected chi connectivity index (χ0v) is 22.3. The first kappa shape index (κ1) is 23.8. The van der Waals surface area contributed by atoms with Gasteiger partial charge in [-0.1, -0.05) is 72.3 Å². The molecule has 0 spiro atoms. The van der Waals surface area contributed by atoms with Crippen molar-refractivity contribution in [3.63, 3.8) is 0 Å². The van der Waals surface area contributed by atoms with Crippen molar-refractivity contribution in [3.8, 4) is 22.6 Å². The summed E-state index contributed by atoms with van der Waals surface area (Å²) in [5.74, 6) is 1.76. The first-order valence-corrected chi connectivity index (χ1v) is 13.5. The van der Waals surface area contributed by atoms with E-state index in [1.165, 1.54) is 16.7 Å². The van der Waals surface area contributed by atoms with Gasteiger partial charge in [-0.05, 0) is 76.6 Å². The summed E-state index contributed by atoms with van der Waals surface area (Å²) >= 11 is 7.09. The first-order valence-electron chi connectivity index (χ1n) is 13.2. The Morgan fingerprint density at radius 1 is 0.737 bits per heavy atom. The van der Waals surface area contributed by atoms with Crippen molar-refractivity contribution in [2.45, 2.75) is 31.5 Å². The molecule has 2 atom stereocenters. The molecule has 0 bridgehead atoms. The average molecular weight is 525 g/mol. The second kappa shape index (κ2) is 9.16. The van der Waals surface area contributed by atoms with E-state index in [1.807, 2.05) is 12.1 Å².